The first-order valence-corrected chi connectivity index (χ1v) is 6.25. The lowest BCUT2D eigenvalue weighted by atomic mass is 9.90. The molecule has 1 aromatic carbocycles. The highest BCUT2D eigenvalue weighted by molar-refractivity contribution is 7.99. The quantitative estimate of drug-likeness (QED) is 0.794. The minimum absolute atomic E-state index is 0.274. The van der Waals surface area contributed by atoms with Crippen LogP contribution >= 0.6 is 11.8 Å². The van der Waals surface area contributed by atoms with E-state index in [0.717, 1.165) is 12.8 Å². The molecule has 2 rings (SSSR count). The Labute approximate surface area is 93.7 Å². The third kappa shape index (κ3) is 2.34. The molecular formula is C12H15FOS. The van der Waals surface area contributed by atoms with Crippen LogP contribution in [0.1, 0.15) is 25.3 Å². The molecule has 0 radical (unpaired) electrons. The topological polar surface area (TPSA) is 20.2 Å². The van der Waals surface area contributed by atoms with Crippen molar-refractivity contribution in [1.29, 1.82) is 0 Å². The summed E-state index contributed by atoms with van der Waals surface area (Å²) in [5.41, 5.74) is -0.124. The van der Waals surface area contributed by atoms with Crippen LogP contribution in [0.5, 0.6) is 0 Å². The molecule has 1 aliphatic heterocycles. The molecule has 1 saturated heterocycles. The summed E-state index contributed by atoms with van der Waals surface area (Å²) in [4.78, 5) is 0. The minimum atomic E-state index is -0.834. The van der Waals surface area contributed by atoms with Crippen molar-refractivity contribution in [1.82, 2.24) is 0 Å². The SMILES string of the molecule is C[C@H]1CC[C@](O)(c2cccc(F)c2)CS1. The molecule has 0 unspecified atom stereocenters. The third-order valence-corrected chi connectivity index (χ3v) is 4.38. The molecule has 1 nitrogen and oxygen atoms in total. The van der Waals surface area contributed by atoms with E-state index in [9.17, 15) is 9.50 Å². The van der Waals surface area contributed by atoms with E-state index in [0.29, 0.717) is 16.6 Å². The summed E-state index contributed by atoms with van der Waals surface area (Å²) >= 11 is 1.75. The van der Waals surface area contributed by atoms with Crippen LogP contribution in [0.4, 0.5) is 4.39 Å². The zero-order valence-electron chi connectivity index (χ0n) is 8.74. The second kappa shape index (κ2) is 4.14. The Morgan fingerprint density at radius 3 is 2.93 bits per heavy atom. The van der Waals surface area contributed by atoms with E-state index < -0.39 is 5.60 Å². The average molecular weight is 226 g/mol. The summed E-state index contributed by atoms with van der Waals surface area (Å²) in [7, 11) is 0. The molecule has 15 heavy (non-hydrogen) atoms. The van der Waals surface area contributed by atoms with E-state index in [4.69, 9.17) is 0 Å². The van der Waals surface area contributed by atoms with E-state index in [2.05, 4.69) is 6.92 Å². The Morgan fingerprint density at radius 1 is 1.53 bits per heavy atom. The molecule has 0 spiro atoms. The second-order valence-electron chi connectivity index (χ2n) is 4.20. The second-order valence-corrected chi connectivity index (χ2v) is 5.63. The Kier molecular flexibility index (Phi) is 3.03. The van der Waals surface area contributed by atoms with Crippen molar-refractivity contribution in [3.63, 3.8) is 0 Å². The van der Waals surface area contributed by atoms with Crippen LogP contribution in [-0.2, 0) is 5.60 Å². The maximum Gasteiger partial charge on any atom is 0.123 e. The first-order valence-electron chi connectivity index (χ1n) is 5.20. The van der Waals surface area contributed by atoms with Gasteiger partial charge in [0.25, 0.3) is 0 Å². The van der Waals surface area contributed by atoms with Crippen molar-refractivity contribution in [2.75, 3.05) is 5.75 Å². The van der Waals surface area contributed by atoms with E-state index in [1.807, 2.05) is 0 Å². The summed E-state index contributed by atoms with van der Waals surface area (Å²) < 4.78 is 13.1. The smallest absolute Gasteiger partial charge is 0.123 e. The fourth-order valence-corrected chi connectivity index (χ4v) is 3.04. The van der Waals surface area contributed by atoms with Crippen LogP contribution in [-0.4, -0.2) is 16.1 Å². The van der Waals surface area contributed by atoms with Crippen molar-refractivity contribution < 1.29 is 9.50 Å². The molecule has 0 bridgehead atoms. The van der Waals surface area contributed by atoms with Crippen LogP contribution < -0.4 is 0 Å². The van der Waals surface area contributed by atoms with Crippen LogP contribution in [0.3, 0.4) is 0 Å². The zero-order chi connectivity index (χ0) is 10.9. The van der Waals surface area contributed by atoms with Gasteiger partial charge in [-0.25, -0.2) is 4.39 Å². The van der Waals surface area contributed by atoms with Gasteiger partial charge < -0.3 is 5.11 Å². The molecule has 0 aliphatic carbocycles. The first-order chi connectivity index (χ1) is 7.10. The zero-order valence-corrected chi connectivity index (χ0v) is 9.56. The number of thioether (sulfide) groups is 1. The number of hydrogen-bond acceptors (Lipinski definition) is 2. The van der Waals surface area contributed by atoms with Gasteiger partial charge in [0.1, 0.15) is 5.82 Å². The minimum Gasteiger partial charge on any atom is -0.384 e. The summed E-state index contributed by atoms with van der Waals surface area (Å²) in [6, 6.07) is 6.31. The monoisotopic (exact) mass is 226 g/mol. The Bertz CT molecular complexity index is 345. The molecule has 1 aliphatic rings. The van der Waals surface area contributed by atoms with Gasteiger partial charge >= 0.3 is 0 Å². The summed E-state index contributed by atoms with van der Waals surface area (Å²) in [6.07, 6.45) is 1.71. The summed E-state index contributed by atoms with van der Waals surface area (Å²) in [5, 5.41) is 11.0. The number of rotatable bonds is 1. The van der Waals surface area contributed by atoms with E-state index in [1.165, 1.54) is 12.1 Å². The number of halogens is 1. The maximum atomic E-state index is 13.1. The van der Waals surface area contributed by atoms with Crippen LogP contribution in [0, 0.1) is 5.82 Å². The molecule has 0 amide bonds. The van der Waals surface area contributed by atoms with Gasteiger partial charge in [-0.3, -0.25) is 0 Å². The molecule has 3 heteroatoms. The van der Waals surface area contributed by atoms with Crippen LogP contribution in [0.25, 0.3) is 0 Å². The van der Waals surface area contributed by atoms with Gasteiger partial charge in [0.2, 0.25) is 0 Å². The van der Waals surface area contributed by atoms with Crippen molar-refractivity contribution in [2.45, 2.75) is 30.6 Å². The summed E-state index contributed by atoms with van der Waals surface area (Å²) in [6.45, 7) is 2.16. The molecule has 82 valence electrons. The van der Waals surface area contributed by atoms with Crippen LogP contribution in [0.2, 0.25) is 0 Å². The van der Waals surface area contributed by atoms with Gasteiger partial charge in [0.05, 0.1) is 5.60 Å². The largest absolute Gasteiger partial charge is 0.384 e. The highest BCUT2D eigenvalue weighted by Gasteiger charge is 2.34. The Balaban J connectivity index is 2.22. The highest BCUT2D eigenvalue weighted by Crippen LogP contribution is 2.38. The number of aliphatic hydroxyl groups is 1. The molecule has 0 saturated carbocycles. The van der Waals surface area contributed by atoms with Gasteiger partial charge in [-0.1, -0.05) is 19.1 Å². The molecular weight excluding hydrogens is 211 g/mol. The molecule has 1 fully saturated rings. The molecule has 1 N–H and O–H groups in total. The lowest BCUT2D eigenvalue weighted by Gasteiger charge is -2.34. The lowest BCUT2D eigenvalue weighted by Crippen LogP contribution is -2.34. The van der Waals surface area contributed by atoms with Crippen molar-refractivity contribution >= 4 is 11.8 Å². The van der Waals surface area contributed by atoms with E-state index >= 15 is 0 Å². The highest BCUT2D eigenvalue weighted by atomic mass is 32.2. The fourth-order valence-electron chi connectivity index (χ4n) is 1.88. The van der Waals surface area contributed by atoms with Gasteiger partial charge in [-0.2, -0.15) is 11.8 Å². The predicted molar refractivity (Wildman–Crippen MR) is 61.5 cm³/mol. The van der Waals surface area contributed by atoms with Crippen molar-refractivity contribution in [3.05, 3.63) is 35.6 Å². The number of benzene rings is 1. The normalized spacial score (nSPS) is 31.5. The maximum absolute atomic E-state index is 13.1. The van der Waals surface area contributed by atoms with Crippen LogP contribution in [0.15, 0.2) is 24.3 Å². The predicted octanol–water partition coefficient (Wildman–Crippen LogP) is 2.93. The first kappa shape index (κ1) is 11.0. The Hall–Kier alpha value is -0.540. The van der Waals surface area contributed by atoms with E-state index in [1.54, 1.807) is 23.9 Å². The van der Waals surface area contributed by atoms with Gasteiger partial charge in [-0.15, -0.1) is 0 Å². The lowest BCUT2D eigenvalue weighted by molar-refractivity contribution is 0.0468. The number of hydrogen-bond donors (Lipinski definition) is 1. The molecule has 1 aromatic rings. The van der Waals surface area contributed by atoms with Gasteiger partial charge in [-0.05, 0) is 30.5 Å². The molecule has 2 atom stereocenters. The van der Waals surface area contributed by atoms with Gasteiger partial charge in [0, 0.05) is 11.0 Å². The van der Waals surface area contributed by atoms with Crippen molar-refractivity contribution in [3.8, 4) is 0 Å². The van der Waals surface area contributed by atoms with Crippen molar-refractivity contribution in [2.24, 2.45) is 0 Å². The van der Waals surface area contributed by atoms with Gasteiger partial charge in [0.15, 0.2) is 0 Å². The summed E-state index contributed by atoms with van der Waals surface area (Å²) in [5.74, 6) is 0.391. The van der Waals surface area contributed by atoms with E-state index in [-0.39, 0.29) is 5.82 Å². The molecule has 1 heterocycles. The molecule has 0 aromatic heterocycles. The average Bonchev–Trinajstić information content (AvgIpc) is 2.23. The standard InChI is InChI=1S/C12H15FOS/c1-9-5-6-12(14,8-15-9)10-3-2-4-11(13)7-10/h2-4,7,9,14H,5-6,8H2,1H3/t9-,12+/m0/s1. The Morgan fingerprint density at radius 2 is 2.33 bits per heavy atom. The fraction of sp³-hybridized carbons (Fsp3) is 0.500. The third-order valence-electron chi connectivity index (χ3n) is 2.93.